The summed E-state index contributed by atoms with van der Waals surface area (Å²) in [7, 11) is 0. The van der Waals surface area contributed by atoms with Gasteiger partial charge in [0, 0.05) is 22.2 Å². The zero-order valence-corrected chi connectivity index (χ0v) is 13.4. The molecule has 1 aliphatic heterocycles. The lowest BCUT2D eigenvalue weighted by Crippen LogP contribution is -2.22. The van der Waals surface area contributed by atoms with Crippen LogP contribution in [0.2, 0.25) is 0 Å². The van der Waals surface area contributed by atoms with Gasteiger partial charge in [0.2, 0.25) is 5.89 Å². The smallest absolute Gasteiger partial charge is 0.234 e. The minimum atomic E-state index is 0.0100. The fourth-order valence-electron chi connectivity index (χ4n) is 1.74. The first-order valence-electron chi connectivity index (χ1n) is 6.59. The second-order valence-electron chi connectivity index (χ2n) is 5.21. The van der Waals surface area contributed by atoms with Crippen LogP contribution in [0.1, 0.15) is 44.7 Å². The molecule has 1 aromatic rings. The van der Waals surface area contributed by atoms with Crippen molar-refractivity contribution in [2.75, 3.05) is 5.75 Å². The van der Waals surface area contributed by atoms with Crippen molar-refractivity contribution in [3.63, 3.8) is 0 Å². The molecule has 2 heterocycles. The Kier molecular flexibility index (Phi) is 4.95. The van der Waals surface area contributed by atoms with Gasteiger partial charge >= 0.3 is 0 Å². The van der Waals surface area contributed by atoms with Crippen LogP contribution in [0.25, 0.3) is 0 Å². The molecule has 1 saturated heterocycles. The summed E-state index contributed by atoms with van der Waals surface area (Å²) in [5.41, 5.74) is 0. The average molecular weight is 300 g/mol. The van der Waals surface area contributed by atoms with Crippen LogP contribution >= 0.6 is 23.5 Å². The van der Waals surface area contributed by atoms with Crippen molar-refractivity contribution in [2.24, 2.45) is 5.92 Å². The summed E-state index contributed by atoms with van der Waals surface area (Å²) in [6, 6.07) is 0. The van der Waals surface area contributed by atoms with E-state index >= 15 is 0 Å². The molecule has 1 aliphatic rings. The van der Waals surface area contributed by atoms with Crippen LogP contribution in [0.5, 0.6) is 0 Å². The van der Waals surface area contributed by atoms with Crippen LogP contribution in [0, 0.1) is 5.92 Å². The first-order chi connectivity index (χ1) is 8.97. The van der Waals surface area contributed by atoms with Gasteiger partial charge in [0.1, 0.15) is 5.78 Å². The molecule has 0 aromatic carbocycles. The minimum Gasteiger partial charge on any atom is -0.339 e. The molecular formula is C13H20N2O2S2. The number of carbonyl (C=O) groups is 1. The highest BCUT2D eigenvalue weighted by Gasteiger charge is 2.30. The number of rotatable bonds is 4. The average Bonchev–Trinajstić information content (AvgIpc) is 2.81. The van der Waals surface area contributed by atoms with Crippen molar-refractivity contribution in [3.05, 3.63) is 11.7 Å². The fourth-order valence-corrected chi connectivity index (χ4v) is 4.58. The monoisotopic (exact) mass is 300 g/mol. The van der Waals surface area contributed by atoms with E-state index in [1.165, 1.54) is 0 Å². The maximum absolute atomic E-state index is 11.7. The third-order valence-corrected chi connectivity index (χ3v) is 6.68. The summed E-state index contributed by atoms with van der Waals surface area (Å²) in [5.74, 6) is 2.35. The SMILES string of the molecule is CC(C)C(=O)Cc1nc(C2CSC(C)C(C)S2)no1. The molecule has 0 saturated carbocycles. The van der Waals surface area contributed by atoms with Gasteiger partial charge in [-0.2, -0.15) is 16.7 Å². The van der Waals surface area contributed by atoms with Crippen LogP contribution in [-0.4, -0.2) is 32.2 Å². The van der Waals surface area contributed by atoms with E-state index in [0.29, 0.717) is 16.4 Å². The highest BCUT2D eigenvalue weighted by molar-refractivity contribution is 8.07. The van der Waals surface area contributed by atoms with E-state index in [9.17, 15) is 4.79 Å². The number of carbonyl (C=O) groups excluding carboxylic acids is 1. The Balaban J connectivity index is 1.99. The molecule has 3 unspecified atom stereocenters. The van der Waals surface area contributed by atoms with Crippen molar-refractivity contribution in [1.29, 1.82) is 0 Å². The Morgan fingerprint density at radius 3 is 2.79 bits per heavy atom. The summed E-state index contributed by atoms with van der Waals surface area (Å²) in [4.78, 5) is 16.0. The van der Waals surface area contributed by atoms with Gasteiger partial charge in [0.05, 0.1) is 11.7 Å². The van der Waals surface area contributed by atoms with Crippen LogP contribution in [0.4, 0.5) is 0 Å². The maximum atomic E-state index is 11.7. The molecule has 106 valence electrons. The minimum absolute atomic E-state index is 0.0100. The Morgan fingerprint density at radius 1 is 1.42 bits per heavy atom. The van der Waals surface area contributed by atoms with E-state index in [2.05, 4.69) is 24.0 Å². The van der Waals surface area contributed by atoms with E-state index in [1.807, 2.05) is 37.4 Å². The van der Waals surface area contributed by atoms with Gasteiger partial charge in [0.25, 0.3) is 0 Å². The van der Waals surface area contributed by atoms with E-state index in [1.54, 1.807) is 0 Å². The molecule has 3 atom stereocenters. The predicted molar refractivity (Wildman–Crippen MR) is 79.6 cm³/mol. The molecule has 0 spiro atoms. The van der Waals surface area contributed by atoms with Crippen molar-refractivity contribution >= 4 is 29.3 Å². The zero-order valence-electron chi connectivity index (χ0n) is 11.8. The molecule has 4 nitrogen and oxygen atoms in total. The molecule has 0 aliphatic carbocycles. The molecule has 6 heteroatoms. The fraction of sp³-hybridized carbons (Fsp3) is 0.769. The standard InChI is InChI=1S/C13H20N2O2S2/c1-7(2)10(16)5-12-14-13(15-17-12)11-6-18-8(3)9(4)19-11/h7-9,11H,5-6H2,1-4H3. The van der Waals surface area contributed by atoms with Crippen LogP contribution < -0.4 is 0 Å². The topological polar surface area (TPSA) is 56.0 Å². The number of Topliss-reactive ketones (excluding diaryl/α,β-unsaturated/α-hetero) is 1. The number of thioether (sulfide) groups is 2. The van der Waals surface area contributed by atoms with Crippen molar-refractivity contribution in [3.8, 4) is 0 Å². The second-order valence-corrected chi connectivity index (χ2v) is 8.21. The summed E-state index contributed by atoms with van der Waals surface area (Å²) >= 11 is 3.84. The molecule has 19 heavy (non-hydrogen) atoms. The van der Waals surface area contributed by atoms with Crippen molar-refractivity contribution in [2.45, 2.75) is 49.9 Å². The second kappa shape index (κ2) is 6.31. The zero-order chi connectivity index (χ0) is 14.0. The van der Waals surface area contributed by atoms with E-state index < -0.39 is 0 Å². The predicted octanol–water partition coefficient (Wildman–Crippen LogP) is 3.14. The van der Waals surface area contributed by atoms with Crippen LogP contribution in [-0.2, 0) is 11.2 Å². The van der Waals surface area contributed by atoms with E-state index in [4.69, 9.17) is 4.52 Å². The lowest BCUT2D eigenvalue weighted by Gasteiger charge is -2.29. The summed E-state index contributed by atoms with van der Waals surface area (Å²) in [6.45, 7) is 8.26. The van der Waals surface area contributed by atoms with Gasteiger partial charge in [-0.15, -0.1) is 11.8 Å². The van der Waals surface area contributed by atoms with E-state index in [-0.39, 0.29) is 23.4 Å². The Morgan fingerprint density at radius 2 is 2.16 bits per heavy atom. The number of aromatic nitrogens is 2. The first kappa shape index (κ1) is 14.9. The Labute approximate surface area is 122 Å². The maximum Gasteiger partial charge on any atom is 0.234 e. The molecule has 2 rings (SSSR count). The number of hydrogen-bond donors (Lipinski definition) is 0. The van der Waals surface area contributed by atoms with Crippen LogP contribution in [0.15, 0.2) is 4.52 Å². The Bertz CT molecular complexity index is 448. The Hall–Kier alpha value is -0.490. The quantitative estimate of drug-likeness (QED) is 0.851. The highest BCUT2D eigenvalue weighted by Crippen LogP contribution is 2.43. The summed E-state index contributed by atoms with van der Waals surface area (Å²) < 4.78 is 5.20. The summed E-state index contributed by atoms with van der Waals surface area (Å²) in [6.07, 6.45) is 0.251. The first-order valence-corrected chi connectivity index (χ1v) is 8.58. The van der Waals surface area contributed by atoms with Gasteiger partial charge in [-0.05, 0) is 0 Å². The van der Waals surface area contributed by atoms with Gasteiger partial charge in [-0.1, -0.05) is 32.9 Å². The van der Waals surface area contributed by atoms with Gasteiger partial charge in [0.15, 0.2) is 5.82 Å². The number of hydrogen-bond acceptors (Lipinski definition) is 6. The third-order valence-electron chi connectivity index (χ3n) is 3.29. The van der Waals surface area contributed by atoms with Crippen molar-refractivity contribution < 1.29 is 9.32 Å². The molecule has 1 fully saturated rings. The lowest BCUT2D eigenvalue weighted by atomic mass is 10.1. The number of ketones is 1. The van der Waals surface area contributed by atoms with E-state index in [0.717, 1.165) is 11.6 Å². The molecule has 1 aromatic heterocycles. The van der Waals surface area contributed by atoms with Gasteiger partial charge in [-0.3, -0.25) is 4.79 Å². The van der Waals surface area contributed by atoms with Gasteiger partial charge in [-0.25, -0.2) is 0 Å². The molecule has 0 bridgehead atoms. The lowest BCUT2D eigenvalue weighted by molar-refractivity contribution is -0.121. The highest BCUT2D eigenvalue weighted by atomic mass is 32.2. The summed E-state index contributed by atoms with van der Waals surface area (Å²) in [5, 5.41) is 5.57. The normalized spacial score (nSPS) is 27.7. The molecule has 0 radical (unpaired) electrons. The van der Waals surface area contributed by atoms with Gasteiger partial charge < -0.3 is 4.52 Å². The largest absolute Gasteiger partial charge is 0.339 e. The molecular weight excluding hydrogens is 280 g/mol. The van der Waals surface area contributed by atoms with Crippen molar-refractivity contribution in [1.82, 2.24) is 10.1 Å². The number of nitrogens with zero attached hydrogens (tertiary/aromatic N) is 2. The van der Waals surface area contributed by atoms with Crippen LogP contribution in [0.3, 0.4) is 0 Å². The molecule has 0 N–H and O–H groups in total. The third kappa shape index (κ3) is 3.75. The molecule has 0 amide bonds.